The second-order valence-corrected chi connectivity index (χ2v) is 4.10. The fourth-order valence-corrected chi connectivity index (χ4v) is 1.50. The average Bonchev–Trinajstić information content (AvgIpc) is 2.28. The van der Waals surface area contributed by atoms with Crippen LogP contribution in [0.15, 0.2) is 18.2 Å². The number of carbonyl (C=O) groups is 1. The summed E-state index contributed by atoms with van der Waals surface area (Å²) >= 11 is 0. The number of methoxy groups -OCH3 is 1. The standard InChI is InChI=1S/C13H19NO2/c1-9(2)10-5-11(13(15)8-14-3)7-12(6-10)16-4/h5-7,9,14H,8H2,1-4H3. The van der Waals surface area contributed by atoms with Crippen LogP contribution in [-0.2, 0) is 0 Å². The number of benzene rings is 1. The van der Waals surface area contributed by atoms with Crippen LogP contribution in [0.1, 0.15) is 35.7 Å². The molecule has 0 saturated carbocycles. The van der Waals surface area contributed by atoms with Crippen molar-refractivity contribution in [2.75, 3.05) is 20.7 Å². The van der Waals surface area contributed by atoms with E-state index in [0.717, 1.165) is 11.3 Å². The smallest absolute Gasteiger partial charge is 0.176 e. The zero-order chi connectivity index (χ0) is 12.1. The van der Waals surface area contributed by atoms with Crippen LogP contribution in [-0.4, -0.2) is 26.5 Å². The Morgan fingerprint density at radius 2 is 2.06 bits per heavy atom. The Balaban J connectivity index is 3.08. The van der Waals surface area contributed by atoms with Crippen molar-refractivity contribution in [2.24, 2.45) is 0 Å². The largest absolute Gasteiger partial charge is 0.497 e. The Kier molecular flexibility index (Phi) is 4.50. The minimum Gasteiger partial charge on any atom is -0.497 e. The third kappa shape index (κ3) is 3.07. The van der Waals surface area contributed by atoms with E-state index in [0.29, 0.717) is 18.0 Å². The van der Waals surface area contributed by atoms with Crippen molar-refractivity contribution in [1.29, 1.82) is 0 Å². The fraction of sp³-hybridized carbons (Fsp3) is 0.462. The third-order valence-corrected chi connectivity index (χ3v) is 2.49. The van der Waals surface area contributed by atoms with E-state index in [-0.39, 0.29) is 5.78 Å². The van der Waals surface area contributed by atoms with E-state index < -0.39 is 0 Å². The molecule has 0 radical (unpaired) electrons. The maximum atomic E-state index is 11.8. The van der Waals surface area contributed by atoms with Gasteiger partial charge in [-0.2, -0.15) is 0 Å². The maximum absolute atomic E-state index is 11.8. The highest BCUT2D eigenvalue weighted by Crippen LogP contribution is 2.23. The Hall–Kier alpha value is -1.35. The van der Waals surface area contributed by atoms with Gasteiger partial charge >= 0.3 is 0 Å². The number of rotatable bonds is 5. The van der Waals surface area contributed by atoms with E-state index >= 15 is 0 Å². The predicted molar refractivity (Wildman–Crippen MR) is 65.3 cm³/mol. The van der Waals surface area contributed by atoms with E-state index in [1.165, 1.54) is 0 Å². The first-order chi connectivity index (χ1) is 7.58. The Bertz CT molecular complexity index is 372. The molecule has 0 atom stereocenters. The Morgan fingerprint density at radius 3 is 2.56 bits per heavy atom. The van der Waals surface area contributed by atoms with Crippen LogP contribution in [0.4, 0.5) is 0 Å². The van der Waals surface area contributed by atoms with Crippen LogP contribution >= 0.6 is 0 Å². The number of likely N-dealkylation sites (N-methyl/N-ethyl adjacent to an activating group) is 1. The summed E-state index contributed by atoms with van der Waals surface area (Å²) in [7, 11) is 3.38. The highest BCUT2D eigenvalue weighted by molar-refractivity contribution is 5.98. The van der Waals surface area contributed by atoms with Gasteiger partial charge in [-0.05, 0) is 36.7 Å². The summed E-state index contributed by atoms with van der Waals surface area (Å²) in [4.78, 5) is 11.8. The summed E-state index contributed by atoms with van der Waals surface area (Å²) in [5.41, 5.74) is 1.83. The van der Waals surface area contributed by atoms with Gasteiger partial charge in [0.15, 0.2) is 5.78 Å². The van der Waals surface area contributed by atoms with Gasteiger partial charge in [0.2, 0.25) is 0 Å². The number of nitrogens with one attached hydrogen (secondary N) is 1. The van der Waals surface area contributed by atoms with Gasteiger partial charge in [0.1, 0.15) is 5.75 Å². The first-order valence-corrected chi connectivity index (χ1v) is 5.45. The topological polar surface area (TPSA) is 38.3 Å². The van der Waals surface area contributed by atoms with Crippen LogP contribution in [0.25, 0.3) is 0 Å². The molecule has 0 fully saturated rings. The third-order valence-electron chi connectivity index (χ3n) is 2.49. The molecule has 0 aromatic heterocycles. The molecule has 3 nitrogen and oxygen atoms in total. The monoisotopic (exact) mass is 221 g/mol. The van der Waals surface area contributed by atoms with E-state index in [1.807, 2.05) is 12.1 Å². The normalized spacial score (nSPS) is 10.6. The molecule has 0 unspecified atom stereocenters. The molecule has 88 valence electrons. The van der Waals surface area contributed by atoms with Crippen molar-refractivity contribution in [3.8, 4) is 5.75 Å². The quantitative estimate of drug-likeness (QED) is 0.775. The van der Waals surface area contributed by atoms with Crippen molar-refractivity contribution in [3.63, 3.8) is 0 Å². The number of hydrogen-bond donors (Lipinski definition) is 1. The lowest BCUT2D eigenvalue weighted by Gasteiger charge is -2.10. The van der Waals surface area contributed by atoms with Crippen LogP contribution in [0.2, 0.25) is 0 Å². The lowest BCUT2D eigenvalue weighted by molar-refractivity contribution is 0.0993. The van der Waals surface area contributed by atoms with Gasteiger partial charge < -0.3 is 10.1 Å². The molecule has 1 N–H and O–H groups in total. The van der Waals surface area contributed by atoms with Gasteiger partial charge in [-0.1, -0.05) is 13.8 Å². The SMILES string of the molecule is CNCC(=O)c1cc(OC)cc(C(C)C)c1. The van der Waals surface area contributed by atoms with Gasteiger partial charge in [0.05, 0.1) is 13.7 Å². The molecule has 0 saturated heterocycles. The molecule has 0 spiro atoms. The van der Waals surface area contributed by atoms with E-state index in [1.54, 1.807) is 20.2 Å². The van der Waals surface area contributed by atoms with E-state index in [2.05, 4.69) is 19.2 Å². The second-order valence-electron chi connectivity index (χ2n) is 4.10. The second kappa shape index (κ2) is 5.66. The zero-order valence-electron chi connectivity index (χ0n) is 10.3. The van der Waals surface area contributed by atoms with Crippen LogP contribution in [0.3, 0.4) is 0 Å². The minimum absolute atomic E-state index is 0.0864. The summed E-state index contributed by atoms with van der Waals surface area (Å²) in [6.07, 6.45) is 0. The molecule has 1 aromatic carbocycles. The van der Waals surface area contributed by atoms with Crippen molar-refractivity contribution in [1.82, 2.24) is 5.32 Å². The molecule has 0 heterocycles. The Labute approximate surface area is 96.8 Å². The molecule has 16 heavy (non-hydrogen) atoms. The van der Waals surface area contributed by atoms with Crippen LogP contribution < -0.4 is 10.1 Å². The molecule has 3 heteroatoms. The van der Waals surface area contributed by atoms with Gasteiger partial charge in [-0.15, -0.1) is 0 Å². The molecule has 0 bridgehead atoms. The summed E-state index contributed by atoms with van der Waals surface area (Å²) < 4.78 is 5.20. The number of carbonyl (C=O) groups excluding carboxylic acids is 1. The number of ketones is 1. The van der Waals surface area contributed by atoms with Gasteiger partial charge in [0, 0.05) is 5.56 Å². The van der Waals surface area contributed by atoms with Gasteiger partial charge in [0.25, 0.3) is 0 Å². The Morgan fingerprint density at radius 1 is 1.38 bits per heavy atom. The zero-order valence-corrected chi connectivity index (χ0v) is 10.3. The molecule has 0 amide bonds. The lowest BCUT2D eigenvalue weighted by atomic mass is 9.98. The van der Waals surface area contributed by atoms with Crippen LogP contribution in [0, 0.1) is 0 Å². The van der Waals surface area contributed by atoms with Crippen molar-refractivity contribution >= 4 is 5.78 Å². The van der Waals surface area contributed by atoms with E-state index in [9.17, 15) is 4.79 Å². The first-order valence-electron chi connectivity index (χ1n) is 5.45. The molecule has 1 aromatic rings. The van der Waals surface area contributed by atoms with Gasteiger partial charge in [-0.25, -0.2) is 0 Å². The summed E-state index contributed by atoms with van der Waals surface area (Å²) in [6.45, 7) is 4.55. The fourth-order valence-electron chi connectivity index (χ4n) is 1.50. The molecular weight excluding hydrogens is 202 g/mol. The molecule has 0 aliphatic carbocycles. The van der Waals surface area contributed by atoms with Crippen molar-refractivity contribution in [3.05, 3.63) is 29.3 Å². The first kappa shape index (κ1) is 12.7. The molecule has 0 aliphatic rings. The number of ether oxygens (including phenoxy) is 1. The van der Waals surface area contributed by atoms with Gasteiger partial charge in [-0.3, -0.25) is 4.79 Å². The molecule has 1 rings (SSSR count). The average molecular weight is 221 g/mol. The highest BCUT2D eigenvalue weighted by Gasteiger charge is 2.10. The maximum Gasteiger partial charge on any atom is 0.176 e. The minimum atomic E-state index is 0.0864. The van der Waals surface area contributed by atoms with Crippen molar-refractivity contribution in [2.45, 2.75) is 19.8 Å². The van der Waals surface area contributed by atoms with Crippen LogP contribution in [0.5, 0.6) is 5.75 Å². The van der Waals surface area contributed by atoms with E-state index in [4.69, 9.17) is 4.74 Å². The predicted octanol–water partition coefficient (Wildman–Crippen LogP) is 2.22. The highest BCUT2D eigenvalue weighted by atomic mass is 16.5. The lowest BCUT2D eigenvalue weighted by Crippen LogP contribution is -2.18. The van der Waals surface area contributed by atoms with Crippen molar-refractivity contribution < 1.29 is 9.53 Å². The molecular formula is C13H19NO2. The summed E-state index contributed by atoms with van der Waals surface area (Å²) in [6, 6.07) is 5.69. The summed E-state index contributed by atoms with van der Waals surface area (Å²) in [5.74, 6) is 1.21. The summed E-state index contributed by atoms with van der Waals surface area (Å²) in [5, 5.41) is 2.86. The number of hydrogen-bond acceptors (Lipinski definition) is 3. The molecule has 0 aliphatic heterocycles. The number of Topliss-reactive ketones (excluding diaryl/α,β-unsaturated/α-hetero) is 1.